The van der Waals surface area contributed by atoms with Crippen LogP contribution in [-0.2, 0) is 39.8 Å². The van der Waals surface area contributed by atoms with E-state index in [1.54, 1.807) is 21.0 Å². The standard InChI is InChI=1S/C6H10N3O.Y/c1-4-5(7-2)8-9(3)6(4)10;/h1-3H3,(H,7,8);/q-1;. The Labute approximate surface area is 89.6 Å². The zero-order chi connectivity index (χ0) is 7.72. The summed E-state index contributed by atoms with van der Waals surface area (Å²) >= 11 is 0. The predicted molar refractivity (Wildman–Crippen MR) is 37.9 cm³/mol. The van der Waals surface area contributed by atoms with Gasteiger partial charge in [0.05, 0.1) is 0 Å². The maximum atomic E-state index is 11.0. The second-order valence-corrected chi connectivity index (χ2v) is 2.17. The van der Waals surface area contributed by atoms with Crippen molar-refractivity contribution in [3.05, 3.63) is 21.4 Å². The molecule has 1 N–H and O–H groups in total. The second kappa shape index (κ2) is 4.07. The molecule has 1 radical (unpaired) electrons. The molecule has 0 aromatic carbocycles. The molecule has 0 unspecified atom stereocenters. The van der Waals surface area contributed by atoms with Gasteiger partial charge < -0.3 is 14.9 Å². The van der Waals surface area contributed by atoms with Crippen molar-refractivity contribution in [2.45, 2.75) is 6.92 Å². The molecule has 0 bridgehead atoms. The van der Waals surface area contributed by atoms with Gasteiger partial charge in [-0.05, 0) is 5.49 Å². The molecule has 5 heteroatoms. The van der Waals surface area contributed by atoms with Gasteiger partial charge in [-0.3, -0.25) is 4.68 Å². The number of rotatable bonds is 0. The molecule has 0 amide bonds. The summed E-state index contributed by atoms with van der Waals surface area (Å²) in [5.41, 5.74) is 1.32. The number of aromatic nitrogens is 2. The van der Waals surface area contributed by atoms with E-state index in [0.29, 0.717) is 11.1 Å². The monoisotopic (exact) mass is 229 g/mol. The Balaban J connectivity index is 0.000001000. The van der Waals surface area contributed by atoms with Gasteiger partial charge in [0.2, 0.25) is 0 Å². The number of hydrogen-bond donors (Lipinski definition) is 1. The Morgan fingerprint density at radius 1 is 1.64 bits per heavy atom. The first-order valence-corrected chi connectivity index (χ1v) is 3.02. The fourth-order valence-electron chi connectivity index (χ4n) is 0.864. The summed E-state index contributed by atoms with van der Waals surface area (Å²) in [5.74, 6) is 0. The van der Waals surface area contributed by atoms with Crippen molar-refractivity contribution in [2.75, 3.05) is 7.05 Å². The number of H-pyrrole nitrogens is 1. The van der Waals surface area contributed by atoms with Crippen LogP contribution >= 0.6 is 0 Å². The molecule has 11 heavy (non-hydrogen) atoms. The maximum Gasteiger partial charge on any atom is 0.113 e. The summed E-state index contributed by atoms with van der Waals surface area (Å²) < 4.78 is 1.41. The van der Waals surface area contributed by atoms with E-state index >= 15 is 0 Å². The van der Waals surface area contributed by atoms with Crippen molar-refractivity contribution >= 4 is 0 Å². The number of aryl methyl sites for hydroxylation is 1. The van der Waals surface area contributed by atoms with E-state index in [2.05, 4.69) is 10.1 Å². The van der Waals surface area contributed by atoms with E-state index in [-0.39, 0.29) is 38.3 Å². The topological polar surface area (TPSA) is 50.1 Å². The third kappa shape index (κ3) is 1.93. The maximum absolute atomic E-state index is 11.0. The van der Waals surface area contributed by atoms with Crippen molar-refractivity contribution in [3.63, 3.8) is 0 Å². The number of aromatic amines is 1. The third-order valence-electron chi connectivity index (χ3n) is 1.48. The van der Waals surface area contributed by atoms with Gasteiger partial charge in [-0.2, -0.15) is 6.92 Å². The summed E-state index contributed by atoms with van der Waals surface area (Å²) in [7, 11) is 3.32. The molecular formula is C6H10N3OY-. The largest absolute Gasteiger partial charge is 0.314 e. The molecule has 4 nitrogen and oxygen atoms in total. The third-order valence-corrected chi connectivity index (χ3v) is 1.48. The minimum atomic E-state index is -0.0133. The van der Waals surface area contributed by atoms with Crippen molar-refractivity contribution in [3.8, 4) is 0 Å². The molecule has 0 aliphatic heterocycles. The molecule has 0 aliphatic carbocycles. The summed E-state index contributed by atoms with van der Waals surface area (Å²) in [6.07, 6.45) is 0. The number of nitrogens with one attached hydrogen (secondary N) is 1. The molecule has 59 valence electrons. The molecule has 0 aliphatic rings. The zero-order valence-corrected chi connectivity index (χ0v) is 9.72. The average molecular weight is 229 g/mol. The van der Waals surface area contributed by atoms with Gasteiger partial charge in [-0.1, -0.05) is 0 Å². The fraction of sp³-hybridized carbons (Fsp3) is 0.500. The van der Waals surface area contributed by atoms with Crippen LogP contribution < -0.4 is 11.0 Å². The van der Waals surface area contributed by atoms with Crippen LogP contribution in [0.5, 0.6) is 0 Å². The molecule has 0 atom stereocenters. The van der Waals surface area contributed by atoms with Crippen LogP contribution in [0.3, 0.4) is 0 Å². The quantitative estimate of drug-likeness (QED) is 0.586. The van der Waals surface area contributed by atoms with Gasteiger partial charge in [-0.15, -0.1) is 0 Å². The molecule has 1 aromatic rings. The van der Waals surface area contributed by atoms with Gasteiger partial charge in [0.15, 0.2) is 0 Å². The van der Waals surface area contributed by atoms with Crippen LogP contribution in [0.25, 0.3) is 0 Å². The predicted octanol–water partition coefficient (Wildman–Crippen LogP) is -0.731. The minimum Gasteiger partial charge on any atom is -0.314 e. The summed E-state index contributed by atoms with van der Waals surface area (Å²) in [6, 6.07) is 0. The van der Waals surface area contributed by atoms with Gasteiger partial charge in [0, 0.05) is 46.8 Å². The van der Waals surface area contributed by atoms with Crippen molar-refractivity contribution < 1.29 is 32.7 Å². The molecule has 0 saturated heterocycles. The average Bonchev–Trinajstić information content (AvgIpc) is 2.17. The van der Waals surface area contributed by atoms with E-state index in [1.807, 2.05) is 0 Å². The normalized spacial score (nSPS) is 11.4. The van der Waals surface area contributed by atoms with E-state index in [4.69, 9.17) is 0 Å². The smallest absolute Gasteiger partial charge is 0.113 e. The summed E-state index contributed by atoms with van der Waals surface area (Å²) in [5, 5.41) is 2.80. The van der Waals surface area contributed by atoms with Crippen LogP contribution in [0.15, 0.2) is 9.79 Å². The van der Waals surface area contributed by atoms with E-state index < -0.39 is 0 Å². The van der Waals surface area contributed by atoms with Crippen molar-refractivity contribution in [1.29, 1.82) is 0 Å². The minimum absolute atomic E-state index is 0. The molecule has 0 spiro atoms. The van der Waals surface area contributed by atoms with Gasteiger partial charge in [-0.25, -0.2) is 5.56 Å². The SMILES string of the molecule is CN=c1[nH]n(C)c(=O)[c-]1C.[Y]. The van der Waals surface area contributed by atoms with Gasteiger partial charge in [0.1, 0.15) is 5.56 Å². The molecule has 0 fully saturated rings. The number of hydrogen-bond acceptors (Lipinski definition) is 2. The Hall–Kier alpha value is -0.0861. The first-order chi connectivity index (χ1) is 4.66. The molecule has 1 heterocycles. The first-order valence-electron chi connectivity index (χ1n) is 3.02. The molecular weight excluding hydrogens is 219 g/mol. The van der Waals surface area contributed by atoms with Crippen LogP contribution in [-0.4, -0.2) is 16.8 Å². The van der Waals surface area contributed by atoms with Crippen molar-refractivity contribution in [1.82, 2.24) is 9.78 Å². The Kier molecular flexibility index (Phi) is 4.04. The summed E-state index contributed by atoms with van der Waals surface area (Å²) in [6.45, 7) is 1.75. The Morgan fingerprint density at radius 2 is 2.18 bits per heavy atom. The number of nitrogens with zero attached hydrogens (tertiary/aromatic N) is 2. The van der Waals surface area contributed by atoms with Gasteiger partial charge in [0.25, 0.3) is 0 Å². The Bertz CT molecular complexity index is 343. The first kappa shape index (κ1) is 10.9. The van der Waals surface area contributed by atoms with Crippen LogP contribution in [0.1, 0.15) is 5.56 Å². The van der Waals surface area contributed by atoms with E-state index in [0.717, 1.165) is 0 Å². The summed E-state index contributed by atoms with van der Waals surface area (Å²) in [4.78, 5) is 14.9. The zero-order valence-electron chi connectivity index (χ0n) is 6.88. The van der Waals surface area contributed by atoms with Crippen molar-refractivity contribution in [2.24, 2.45) is 12.0 Å². The molecule has 0 saturated carbocycles. The van der Waals surface area contributed by atoms with Crippen LogP contribution in [0.4, 0.5) is 0 Å². The van der Waals surface area contributed by atoms with Crippen LogP contribution in [0.2, 0.25) is 0 Å². The second-order valence-electron chi connectivity index (χ2n) is 2.17. The van der Waals surface area contributed by atoms with Crippen LogP contribution in [0, 0.1) is 6.92 Å². The van der Waals surface area contributed by atoms with E-state index in [9.17, 15) is 4.79 Å². The Morgan fingerprint density at radius 3 is 2.36 bits per heavy atom. The fourth-order valence-corrected chi connectivity index (χ4v) is 0.864. The van der Waals surface area contributed by atoms with E-state index in [1.165, 1.54) is 4.68 Å². The molecule has 1 aromatic heterocycles. The molecule has 1 rings (SSSR count). The van der Waals surface area contributed by atoms with Gasteiger partial charge >= 0.3 is 0 Å².